The Morgan fingerprint density at radius 1 is 1.21 bits per heavy atom. The Morgan fingerprint density at radius 2 is 1.93 bits per heavy atom. The molecule has 0 atom stereocenters. The van der Waals surface area contributed by atoms with E-state index in [2.05, 4.69) is 14.8 Å². The van der Waals surface area contributed by atoms with Crippen molar-refractivity contribution in [1.82, 2.24) is 5.32 Å². The Labute approximate surface area is 83.8 Å². The van der Waals surface area contributed by atoms with Gasteiger partial charge in [0.05, 0.1) is 7.11 Å². The number of nitrogens with one attached hydrogen (secondary N) is 1. The lowest BCUT2D eigenvalue weighted by Gasteiger charge is -2.03. The van der Waals surface area contributed by atoms with E-state index in [0.717, 1.165) is 12.8 Å². The van der Waals surface area contributed by atoms with Gasteiger partial charge in [-0.15, -0.1) is 0 Å². The van der Waals surface area contributed by atoms with Gasteiger partial charge < -0.3 is 14.8 Å². The number of rotatable bonds is 7. The highest BCUT2D eigenvalue weighted by molar-refractivity contribution is 5.77. The molecule has 0 aliphatic heterocycles. The number of esters is 1. The van der Waals surface area contributed by atoms with Crippen LogP contribution in [0.4, 0.5) is 0 Å². The summed E-state index contributed by atoms with van der Waals surface area (Å²) >= 11 is 0. The molecule has 82 valence electrons. The number of hydrogen-bond acceptors (Lipinski definition) is 4. The molecule has 0 spiro atoms. The standard InChI is InChI=1S/C9H17NO4/c1-13-7-8(11)10-6-4-3-5-9(12)14-2/h3-7H2,1-2H3,(H,10,11). The van der Waals surface area contributed by atoms with E-state index in [-0.39, 0.29) is 18.5 Å². The first kappa shape index (κ1) is 12.9. The minimum atomic E-state index is -0.215. The van der Waals surface area contributed by atoms with Crippen molar-refractivity contribution in [2.75, 3.05) is 27.4 Å². The van der Waals surface area contributed by atoms with Crippen molar-refractivity contribution in [1.29, 1.82) is 0 Å². The van der Waals surface area contributed by atoms with Crippen molar-refractivity contribution in [3.63, 3.8) is 0 Å². The third kappa shape index (κ3) is 7.54. The van der Waals surface area contributed by atoms with Gasteiger partial charge >= 0.3 is 5.97 Å². The van der Waals surface area contributed by atoms with Gasteiger partial charge in [0, 0.05) is 20.1 Å². The number of carbonyl (C=O) groups excluding carboxylic acids is 2. The first-order valence-electron chi connectivity index (χ1n) is 4.53. The van der Waals surface area contributed by atoms with E-state index in [1.807, 2.05) is 0 Å². The zero-order valence-electron chi connectivity index (χ0n) is 8.67. The molecule has 0 heterocycles. The smallest absolute Gasteiger partial charge is 0.305 e. The van der Waals surface area contributed by atoms with Gasteiger partial charge in [-0.05, 0) is 12.8 Å². The number of hydrogen-bond donors (Lipinski definition) is 1. The SMILES string of the molecule is COCC(=O)NCCCCC(=O)OC. The molecule has 5 heteroatoms. The molecule has 0 radical (unpaired) electrons. The highest BCUT2D eigenvalue weighted by Crippen LogP contribution is 1.95. The van der Waals surface area contributed by atoms with E-state index in [1.165, 1.54) is 14.2 Å². The van der Waals surface area contributed by atoms with Crippen LogP contribution in [0.3, 0.4) is 0 Å². The first-order valence-corrected chi connectivity index (χ1v) is 4.53. The molecule has 0 bridgehead atoms. The number of carbonyl (C=O) groups is 2. The topological polar surface area (TPSA) is 64.6 Å². The molecule has 1 amide bonds. The van der Waals surface area contributed by atoms with Crippen LogP contribution in [-0.2, 0) is 19.1 Å². The minimum Gasteiger partial charge on any atom is -0.469 e. The molecule has 5 nitrogen and oxygen atoms in total. The van der Waals surface area contributed by atoms with Crippen LogP contribution >= 0.6 is 0 Å². The summed E-state index contributed by atoms with van der Waals surface area (Å²) in [5, 5.41) is 2.66. The van der Waals surface area contributed by atoms with E-state index in [0.29, 0.717) is 13.0 Å². The summed E-state index contributed by atoms with van der Waals surface area (Å²) in [5.74, 6) is -0.348. The zero-order chi connectivity index (χ0) is 10.8. The predicted molar refractivity (Wildman–Crippen MR) is 50.8 cm³/mol. The molecule has 0 saturated heterocycles. The van der Waals surface area contributed by atoms with Crippen LogP contribution in [0.2, 0.25) is 0 Å². The highest BCUT2D eigenvalue weighted by Gasteiger charge is 2.01. The Balaban J connectivity index is 3.21. The maximum atomic E-state index is 10.9. The van der Waals surface area contributed by atoms with Gasteiger partial charge in [-0.3, -0.25) is 9.59 Å². The fourth-order valence-corrected chi connectivity index (χ4v) is 0.906. The van der Waals surface area contributed by atoms with Gasteiger partial charge in [-0.25, -0.2) is 0 Å². The van der Waals surface area contributed by atoms with E-state index in [1.54, 1.807) is 0 Å². The van der Waals surface area contributed by atoms with Gasteiger partial charge in [0.2, 0.25) is 5.91 Å². The summed E-state index contributed by atoms with van der Waals surface area (Å²) in [6.45, 7) is 0.649. The molecular weight excluding hydrogens is 186 g/mol. The second-order valence-electron chi connectivity index (χ2n) is 2.82. The van der Waals surface area contributed by atoms with Crippen LogP contribution in [0, 0.1) is 0 Å². The fourth-order valence-electron chi connectivity index (χ4n) is 0.906. The third-order valence-electron chi connectivity index (χ3n) is 1.63. The molecule has 0 saturated carbocycles. The molecule has 14 heavy (non-hydrogen) atoms. The molecule has 0 aromatic carbocycles. The molecule has 0 aromatic heterocycles. The lowest BCUT2D eigenvalue weighted by molar-refractivity contribution is -0.140. The monoisotopic (exact) mass is 203 g/mol. The molecule has 0 aliphatic carbocycles. The summed E-state index contributed by atoms with van der Waals surface area (Å²) in [6, 6.07) is 0. The number of methoxy groups -OCH3 is 2. The largest absolute Gasteiger partial charge is 0.469 e. The van der Waals surface area contributed by atoms with E-state index in [4.69, 9.17) is 0 Å². The fraction of sp³-hybridized carbons (Fsp3) is 0.778. The van der Waals surface area contributed by atoms with Gasteiger partial charge in [0.1, 0.15) is 6.61 Å². The van der Waals surface area contributed by atoms with Crippen molar-refractivity contribution >= 4 is 11.9 Å². The summed E-state index contributed by atoms with van der Waals surface area (Å²) in [6.07, 6.45) is 1.89. The van der Waals surface area contributed by atoms with Crippen molar-refractivity contribution < 1.29 is 19.1 Å². The molecule has 0 unspecified atom stereocenters. The van der Waals surface area contributed by atoms with Crippen molar-refractivity contribution in [3.8, 4) is 0 Å². The minimum absolute atomic E-state index is 0.0804. The number of amides is 1. The number of unbranched alkanes of at least 4 members (excludes halogenated alkanes) is 1. The average Bonchev–Trinajstić information content (AvgIpc) is 2.17. The molecule has 0 aromatic rings. The number of ether oxygens (including phenoxy) is 2. The Kier molecular flexibility index (Phi) is 7.83. The molecule has 0 fully saturated rings. The summed E-state index contributed by atoms with van der Waals surface area (Å²) in [7, 11) is 2.83. The van der Waals surface area contributed by atoms with Crippen LogP contribution in [-0.4, -0.2) is 39.2 Å². The lowest BCUT2D eigenvalue weighted by atomic mass is 10.2. The average molecular weight is 203 g/mol. The predicted octanol–water partition coefficient (Wildman–Crippen LogP) is 0.0923. The molecular formula is C9H17NO4. The van der Waals surface area contributed by atoms with Crippen LogP contribution in [0.5, 0.6) is 0 Å². The Hall–Kier alpha value is -1.10. The summed E-state index contributed by atoms with van der Waals surface area (Å²) in [5.41, 5.74) is 0. The van der Waals surface area contributed by atoms with E-state index in [9.17, 15) is 9.59 Å². The summed E-state index contributed by atoms with van der Waals surface area (Å²) in [4.78, 5) is 21.6. The lowest BCUT2D eigenvalue weighted by Crippen LogP contribution is -2.28. The van der Waals surface area contributed by atoms with Crippen LogP contribution < -0.4 is 5.32 Å². The van der Waals surface area contributed by atoms with Crippen LogP contribution in [0.1, 0.15) is 19.3 Å². The van der Waals surface area contributed by atoms with Crippen molar-refractivity contribution in [2.24, 2.45) is 0 Å². The normalized spacial score (nSPS) is 9.57. The maximum Gasteiger partial charge on any atom is 0.305 e. The zero-order valence-corrected chi connectivity index (χ0v) is 8.67. The molecule has 0 rings (SSSR count). The maximum absolute atomic E-state index is 10.9. The molecule has 0 aliphatic rings. The van der Waals surface area contributed by atoms with Crippen molar-refractivity contribution in [2.45, 2.75) is 19.3 Å². The quantitative estimate of drug-likeness (QED) is 0.470. The van der Waals surface area contributed by atoms with Crippen LogP contribution in [0.25, 0.3) is 0 Å². The van der Waals surface area contributed by atoms with Crippen LogP contribution in [0.15, 0.2) is 0 Å². The summed E-state index contributed by atoms with van der Waals surface area (Å²) < 4.78 is 9.10. The second-order valence-corrected chi connectivity index (χ2v) is 2.82. The van der Waals surface area contributed by atoms with E-state index < -0.39 is 0 Å². The third-order valence-corrected chi connectivity index (χ3v) is 1.63. The second kappa shape index (κ2) is 8.50. The highest BCUT2D eigenvalue weighted by atomic mass is 16.5. The van der Waals surface area contributed by atoms with Gasteiger partial charge in [0.25, 0.3) is 0 Å². The Bertz CT molecular complexity index is 182. The van der Waals surface area contributed by atoms with Crippen molar-refractivity contribution in [3.05, 3.63) is 0 Å². The van der Waals surface area contributed by atoms with Gasteiger partial charge in [-0.2, -0.15) is 0 Å². The van der Waals surface area contributed by atoms with Gasteiger partial charge in [0.15, 0.2) is 0 Å². The van der Waals surface area contributed by atoms with Gasteiger partial charge in [-0.1, -0.05) is 0 Å². The Morgan fingerprint density at radius 3 is 2.50 bits per heavy atom. The first-order chi connectivity index (χ1) is 6.70. The molecule has 1 N–H and O–H groups in total. The van der Waals surface area contributed by atoms with E-state index >= 15 is 0 Å².